The van der Waals surface area contributed by atoms with E-state index in [-0.39, 0.29) is 44.7 Å². The molecule has 0 N–H and O–H groups in total. The number of alkyl halides is 1. The molecule has 2 saturated heterocycles. The topological polar surface area (TPSA) is 83.5 Å². The Balaban J connectivity index is 1.36. The van der Waals surface area contributed by atoms with Gasteiger partial charge in [-0.05, 0) is 42.5 Å². The van der Waals surface area contributed by atoms with Crippen LogP contribution in [0.1, 0.15) is 41.1 Å². The third-order valence-corrected chi connectivity index (χ3v) is 10.3. The minimum atomic E-state index is -0.220. The minimum Gasteiger partial charge on any atom is -0.337 e. The van der Waals surface area contributed by atoms with Crippen LogP contribution in [0.2, 0.25) is 0 Å². The number of piperidine rings is 1. The SMILES string of the molecule is Cc1ccnc(-c2ccnc3cc(CN4C(=O)C5C(C4=O)C5(C)C)sc23)c1C(=O)N1CCC(P)(I)C1. The Morgan fingerprint density at radius 2 is 1.89 bits per heavy atom. The van der Waals surface area contributed by atoms with Crippen LogP contribution in [0.5, 0.6) is 0 Å². The maximum atomic E-state index is 13.7. The molecule has 1 aliphatic carbocycles. The highest BCUT2D eigenvalue weighted by molar-refractivity contribution is 14.1. The molecule has 5 heterocycles. The number of amides is 3. The maximum Gasteiger partial charge on any atom is 0.256 e. The fourth-order valence-electron chi connectivity index (χ4n) is 5.73. The zero-order valence-electron chi connectivity index (χ0n) is 20.2. The van der Waals surface area contributed by atoms with Gasteiger partial charge in [-0.2, -0.15) is 0 Å². The Hall–Kier alpha value is -1.97. The summed E-state index contributed by atoms with van der Waals surface area (Å²) in [5, 5.41) is 0. The molecule has 3 aliphatic rings. The summed E-state index contributed by atoms with van der Waals surface area (Å²) in [6.07, 6.45) is 4.39. The molecule has 36 heavy (non-hydrogen) atoms. The summed E-state index contributed by atoms with van der Waals surface area (Å²) >= 11 is 3.91. The molecule has 3 aromatic rings. The van der Waals surface area contributed by atoms with Gasteiger partial charge in [0, 0.05) is 35.9 Å². The lowest BCUT2D eigenvalue weighted by Gasteiger charge is -2.21. The molecular weight excluding hydrogens is 606 g/mol. The van der Waals surface area contributed by atoms with E-state index in [0.29, 0.717) is 24.3 Å². The van der Waals surface area contributed by atoms with Crippen LogP contribution in [-0.4, -0.2) is 53.7 Å². The van der Waals surface area contributed by atoms with Gasteiger partial charge in [0.2, 0.25) is 11.8 Å². The lowest BCUT2D eigenvalue weighted by Crippen LogP contribution is -2.35. The fraction of sp³-hybridized carbons (Fsp3) is 0.423. The molecule has 2 aliphatic heterocycles. The molecule has 186 valence electrons. The normalized spacial score (nSPS) is 26.7. The van der Waals surface area contributed by atoms with E-state index in [0.717, 1.165) is 32.6 Å². The van der Waals surface area contributed by atoms with E-state index >= 15 is 0 Å². The van der Waals surface area contributed by atoms with E-state index in [2.05, 4.69) is 41.8 Å². The Kier molecular flexibility index (Phi) is 5.60. The van der Waals surface area contributed by atoms with Crippen molar-refractivity contribution in [2.75, 3.05) is 13.1 Å². The number of nitrogens with zero attached hydrogens (tertiary/aromatic N) is 4. The molecule has 4 atom stereocenters. The van der Waals surface area contributed by atoms with Gasteiger partial charge in [-0.1, -0.05) is 36.4 Å². The van der Waals surface area contributed by atoms with Crippen LogP contribution in [0, 0.1) is 24.2 Å². The van der Waals surface area contributed by atoms with Crippen molar-refractivity contribution < 1.29 is 14.4 Å². The summed E-state index contributed by atoms with van der Waals surface area (Å²) in [5.74, 6) is -0.522. The standard InChI is InChI=1S/C26H26IN4O3PS/c1-13-4-7-29-20(17(13)22(32)30-9-6-26(27,35)12-30)15-5-8-28-16-10-14(36-21(15)16)11-31-23(33)18-19(24(31)34)25(18,2)3/h4-5,7-8,10,18-19H,6,9,11-12,35H2,1-3H3. The fourth-order valence-corrected chi connectivity index (χ4v) is 7.85. The van der Waals surface area contributed by atoms with Gasteiger partial charge in [-0.25, -0.2) is 0 Å². The van der Waals surface area contributed by atoms with Crippen LogP contribution in [0.15, 0.2) is 30.6 Å². The van der Waals surface area contributed by atoms with Gasteiger partial charge in [-0.3, -0.25) is 29.3 Å². The number of aryl methyl sites for hydroxylation is 1. The summed E-state index contributed by atoms with van der Waals surface area (Å²) in [6.45, 7) is 7.57. The van der Waals surface area contributed by atoms with E-state index in [1.54, 1.807) is 12.4 Å². The number of halogens is 1. The number of carbonyl (C=O) groups excluding carboxylic acids is 3. The van der Waals surface area contributed by atoms with Crippen LogP contribution in [0.4, 0.5) is 0 Å². The van der Waals surface area contributed by atoms with E-state index in [9.17, 15) is 14.4 Å². The van der Waals surface area contributed by atoms with E-state index in [4.69, 9.17) is 0 Å². The average Bonchev–Trinajstić information content (AvgIpc) is 3.15. The van der Waals surface area contributed by atoms with Crippen LogP contribution in [0.3, 0.4) is 0 Å². The van der Waals surface area contributed by atoms with Crippen LogP contribution in [0.25, 0.3) is 21.5 Å². The molecule has 4 unspecified atom stereocenters. The molecule has 0 bridgehead atoms. The molecule has 0 spiro atoms. The van der Waals surface area contributed by atoms with Gasteiger partial charge in [0.15, 0.2) is 0 Å². The van der Waals surface area contributed by atoms with Crippen molar-refractivity contribution in [2.24, 2.45) is 17.3 Å². The number of imide groups is 1. The second-order valence-electron chi connectivity index (χ2n) is 10.7. The molecule has 3 aromatic heterocycles. The molecule has 3 amide bonds. The van der Waals surface area contributed by atoms with Gasteiger partial charge < -0.3 is 4.90 Å². The molecule has 0 aromatic carbocycles. The molecule has 7 nitrogen and oxygen atoms in total. The van der Waals surface area contributed by atoms with Crippen molar-refractivity contribution in [1.29, 1.82) is 0 Å². The Morgan fingerprint density at radius 1 is 1.19 bits per heavy atom. The largest absolute Gasteiger partial charge is 0.337 e. The van der Waals surface area contributed by atoms with Crippen molar-refractivity contribution in [3.63, 3.8) is 0 Å². The first-order chi connectivity index (χ1) is 17.0. The molecular formula is C26H26IN4O3PS. The number of hydrogen-bond donors (Lipinski definition) is 0. The summed E-state index contributed by atoms with van der Waals surface area (Å²) < 4.78 is 0.899. The number of pyridine rings is 2. The zero-order valence-corrected chi connectivity index (χ0v) is 24.4. The first kappa shape index (κ1) is 24.4. The summed E-state index contributed by atoms with van der Waals surface area (Å²) in [5.41, 5.74) is 3.55. The second kappa shape index (κ2) is 8.27. The summed E-state index contributed by atoms with van der Waals surface area (Å²) in [7, 11) is 2.86. The average molecular weight is 632 g/mol. The monoisotopic (exact) mass is 632 g/mol. The lowest BCUT2D eigenvalue weighted by molar-refractivity contribution is -0.143. The van der Waals surface area contributed by atoms with E-state index in [1.807, 2.05) is 43.9 Å². The zero-order chi connectivity index (χ0) is 25.6. The predicted octanol–water partition coefficient (Wildman–Crippen LogP) is 4.66. The number of thiophene rings is 1. The third-order valence-electron chi connectivity index (χ3n) is 7.83. The molecule has 10 heteroatoms. The van der Waals surface area contributed by atoms with Gasteiger partial charge in [0.25, 0.3) is 5.91 Å². The maximum absolute atomic E-state index is 13.7. The summed E-state index contributed by atoms with van der Waals surface area (Å²) in [6, 6.07) is 5.71. The molecule has 0 radical (unpaired) electrons. The molecule has 3 fully saturated rings. The lowest BCUT2D eigenvalue weighted by atomic mass is 10.0. The number of rotatable bonds is 4. The van der Waals surface area contributed by atoms with Crippen molar-refractivity contribution in [3.05, 3.63) is 46.6 Å². The molecule has 6 rings (SSSR count). The van der Waals surface area contributed by atoms with Crippen molar-refractivity contribution in [1.82, 2.24) is 19.8 Å². The van der Waals surface area contributed by atoms with Crippen LogP contribution < -0.4 is 0 Å². The highest BCUT2D eigenvalue weighted by Gasteiger charge is 2.72. The highest BCUT2D eigenvalue weighted by Crippen LogP contribution is 2.63. The first-order valence-corrected chi connectivity index (χ1v) is 14.4. The highest BCUT2D eigenvalue weighted by atomic mass is 127. The van der Waals surface area contributed by atoms with Gasteiger partial charge in [0.05, 0.1) is 43.0 Å². The first-order valence-electron chi connectivity index (χ1n) is 12.0. The van der Waals surface area contributed by atoms with E-state index in [1.165, 1.54) is 16.2 Å². The Labute approximate surface area is 229 Å². The predicted molar refractivity (Wildman–Crippen MR) is 151 cm³/mol. The Morgan fingerprint density at radius 3 is 2.56 bits per heavy atom. The quantitative estimate of drug-likeness (QED) is 0.181. The second-order valence-corrected chi connectivity index (χ2v) is 16.3. The number of hydrogen-bond acceptors (Lipinski definition) is 6. The van der Waals surface area contributed by atoms with Gasteiger partial charge in [-0.15, -0.1) is 20.6 Å². The van der Waals surface area contributed by atoms with Crippen molar-refractivity contribution in [2.45, 2.75) is 36.9 Å². The number of likely N-dealkylation sites (tertiary alicyclic amines) is 2. The smallest absolute Gasteiger partial charge is 0.256 e. The van der Waals surface area contributed by atoms with Crippen molar-refractivity contribution >= 4 is 71.1 Å². The summed E-state index contributed by atoms with van der Waals surface area (Å²) in [4.78, 5) is 52.8. The van der Waals surface area contributed by atoms with Gasteiger partial charge >= 0.3 is 0 Å². The minimum absolute atomic E-state index is 0.00344. The van der Waals surface area contributed by atoms with Gasteiger partial charge in [0.1, 0.15) is 0 Å². The number of carbonyl (C=O) groups is 3. The van der Waals surface area contributed by atoms with Crippen LogP contribution in [-0.2, 0) is 16.1 Å². The van der Waals surface area contributed by atoms with E-state index < -0.39 is 0 Å². The Bertz CT molecular complexity index is 1440. The van der Waals surface area contributed by atoms with Crippen molar-refractivity contribution in [3.8, 4) is 11.3 Å². The molecule has 1 saturated carbocycles. The third kappa shape index (κ3) is 3.72. The number of aromatic nitrogens is 2. The van der Waals surface area contributed by atoms with Crippen LogP contribution >= 0.6 is 43.2 Å². The number of fused-ring (bicyclic) bond motifs is 2.